The molecule has 0 fully saturated rings. The fourth-order valence-corrected chi connectivity index (χ4v) is 1.86. The van der Waals surface area contributed by atoms with Gasteiger partial charge in [0, 0.05) is 0 Å². The molecule has 0 aliphatic heterocycles. The quantitative estimate of drug-likeness (QED) is 0.439. The van der Waals surface area contributed by atoms with E-state index >= 15 is 0 Å². The molecule has 1 aromatic heterocycles. The van der Waals surface area contributed by atoms with E-state index in [9.17, 15) is 0 Å². The van der Waals surface area contributed by atoms with Crippen molar-refractivity contribution in [3.05, 3.63) is 10.8 Å². The van der Waals surface area contributed by atoms with E-state index in [-0.39, 0.29) is 0 Å². The Kier molecular flexibility index (Phi) is 6.88. The summed E-state index contributed by atoms with van der Waals surface area (Å²) in [6, 6.07) is 0. The highest BCUT2D eigenvalue weighted by molar-refractivity contribution is 9.10. The van der Waals surface area contributed by atoms with Gasteiger partial charge in [-0.05, 0) is 22.4 Å². The molecule has 0 atom stereocenters. The second-order valence-electron chi connectivity index (χ2n) is 3.75. The second kappa shape index (κ2) is 8.25. The maximum absolute atomic E-state index is 5.57. The molecule has 3 N–H and O–H groups in total. The van der Waals surface area contributed by atoms with Gasteiger partial charge in [0.2, 0.25) is 5.88 Å². The predicted octanol–water partition coefficient (Wildman–Crippen LogP) is 2.87. The number of nitrogens with zero attached hydrogens (tertiary/aromatic N) is 2. The number of unbranched alkanes of at least 4 members (excludes halogenated alkanes) is 4. The Bertz CT molecular complexity index is 335. The largest absolute Gasteiger partial charge is 0.477 e. The highest BCUT2D eigenvalue weighted by Gasteiger charge is 2.08. The monoisotopic (exact) mass is 302 g/mol. The van der Waals surface area contributed by atoms with Gasteiger partial charge >= 0.3 is 0 Å². The Morgan fingerprint density at radius 3 is 2.76 bits per heavy atom. The van der Waals surface area contributed by atoms with Crippen LogP contribution in [0.1, 0.15) is 39.0 Å². The molecule has 0 saturated carbocycles. The summed E-state index contributed by atoms with van der Waals surface area (Å²) in [4.78, 5) is 8.00. The lowest BCUT2D eigenvalue weighted by Crippen LogP contribution is -2.10. The average molecular weight is 303 g/mol. The Balaban J connectivity index is 2.31. The zero-order valence-electron chi connectivity index (χ0n) is 10.1. The number of nitrogens with two attached hydrogens (primary N) is 1. The highest BCUT2D eigenvalue weighted by Crippen LogP contribution is 2.27. The molecule has 17 heavy (non-hydrogen) atoms. The Morgan fingerprint density at radius 1 is 1.29 bits per heavy atom. The molecule has 1 aromatic rings. The lowest BCUT2D eigenvalue weighted by atomic mass is 10.2. The van der Waals surface area contributed by atoms with Gasteiger partial charge in [0.05, 0.1) is 6.61 Å². The third-order valence-corrected chi connectivity index (χ3v) is 3.10. The molecule has 0 aromatic carbocycles. The summed E-state index contributed by atoms with van der Waals surface area (Å²) in [7, 11) is 0. The molecule has 0 aliphatic rings. The molecule has 0 amide bonds. The molecule has 0 aliphatic carbocycles. The van der Waals surface area contributed by atoms with Crippen LogP contribution in [-0.2, 0) is 0 Å². The van der Waals surface area contributed by atoms with Gasteiger partial charge in [-0.15, -0.1) is 0 Å². The van der Waals surface area contributed by atoms with Crippen molar-refractivity contribution in [3.63, 3.8) is 0 Å². The molecule has 0 bridgehead atoms. The normalized spacial score (nSPS) is 10.3. The van der Waals surface area contributed by atoms with Crippen molar-refractivity contribution in [2.24, 2.45) is 5.84 Å². The van der Waals surface area contributed by atoms with Crippen LogP contribution >= 0.6 is 15.9 Å². The van der Waals surface area contributed by atoms with Gasteiger partial charge in [-0.25, -0.2) is 15.8 Å². The minimum Gasteiger partial charge on any atom is -0.477 e. The number of hydrazine groups is 1. The number of hydrogen-bond donors (Lipinski definition) is 2. The van der Waals surface area contributed by atoms with E-state index in [4.69, 9.17) is 10.6 Å². The fraction of sp³-hybridized carbons (Fsp3) is 0.636. The van der Waals surface area contributed by atoms with Crippen molar-refractivity contribution < 1.29 is 4.74 Å². The molecule has 0 unspecified atom stereocenters. The van der Waals surface area contributed by atoms with E-state index in [0.29, 0.717) is 22.8 Å². The second-order valence-corrected chi connectivity index (χ2v) is 4.54. The lowest BCUT2D eigenvalue weighted by Gasteiger charge is -2.08. The topological polar surface area (TPSA) is 73.1 Å². The molecular weight excluding hydrogens is 284 g/mol. The standard InChI is InChI=1S/C11H19BrN4O/c1-2-3-4-5-6-7-17-11-9(12)10(16-13)14-8-15-11/h8H,2-7,13H2,1H3,(H,14,15,16). The number of rotatable bonds is 8. The average Bonchev–Trinajstić information content (AvgIpc) is 2.35. The predicted molar refractivity (Wildman–Crippen MR) is 71.8 cm³/mol. The first kappa shape index (κ1) is 14.2. The number of nitrogen functional groups attached to an aromatic ring is 1. The van der Waals surface area contributed by atoms with Gasteiger partial charge in [0.1, 0.15) is 10.8 Å². The van der Waals surface area contributed by atoms with Crippen LogP contribution in [0, 0.1) is 0 Å². The van der Waals surface area contributed by atoms with Gasteiger partial charge in [-0.2, -0.15) is 0 Å². The number of ether oxygens (including phenoxy) is 1. The van der Waals surface area contributed by atoms with E-state index in [1.165, 1.54) is 32.0 Å². The van der Waals surface area contributed by atoms with E-state index < -0.39 is 0 Å². The molecule has 1 heterocycles. The van der Waals surface area contributed by atoms with Crippen molar-refractivity contribution in [1.82, 2.24) is 9.97 Å². The summed E-state index contributed by atoms with van der Waals surface area (Å²) in [6.07, 6.45) is 7.47. The summed E-state index contributed by atoms with van der Waals surface area (Å²) in [5.74, 6) is 6.36. The van der Waals surface area contributed by atoms with Gasteiger partial charge in [-0.1, -0.05) is 32.6 Å². The van der Waals surface area contributed by atoms with Gasteiger partial charge in [-0.3, -0.25) is 0 Å². The first-order valence-electron chi connectivity index (χ1n) is 5.89. The number of halogens is 1. The number of anilines is 1. The molecule has 0 saturated heterocycles. The van der Waals surface area contributed by atoms with Crippen molar-refractivity contribution >= 4 is 21.7 Å². The fourth-order valence-electron chi connectivity index (χ4n) is 1.43. The van der Waals surface area contributed by atoms with Crippen molar-refractivity contribution in [2.75, 3.05) is 12.0 Å². The third kappa shape index (κ3) is 4.87. The molecule has 96 valence electrons. The van der Waals surface area contributed by atoms with Gasteiger partial charge in [0.25, 0.3) is 0 Å². The van der Waals surface area contributed by atoms with Crippen LogP contribution in [0.4, 0.5) is 5.82 Å². The van der Waals surface area contributed by atoms with Crippen LogP contribution in [0.25, 0.3) is 0 Å². The van der Waals surface area contributed by atoms with E-state index in [2.05, 4.69) is 38.2 Å². The van der Waals surface area contributed by atoms with Crippen LogP contribution in [0.3, 0.4) is 0 Å². The highest BCUT2D eigenvalue weighted by atomic mass is 79.9. The van der Waals surface area contributed by atoms with E-state index in [1.807, 2.05) is 0 Å². The minimum atomic E-state index is 0.529. The van der Waals surface area contributed by atoms with Crippen LogP contribution < -0.4 is 16.0 Å². The minimum absolute atomic E-state index is 0.529. The number of hydrogen-bond acceptors (Lipinski definition) is 5. The summed E-state index contributed by atoms with van der Waals surface area (Å²) >= 11 is 3.34. The molecule has 6 heteroatoms. The summed E-state index contributed by atoms with van der Waals surface area (Å²) in [6.45, 7) is 2.87. The Morgan fingerprint density at radius 2 is 2.06 bits per heavy atom. The summed E-state index contributed by atoms with van der Waals surface area (Å²) in [5, 5.41) is 0. The van der Waals surface area contributed by atoms with Crippen molar-refractivity contribution in [1.29, 1.82) is 0 Å². The zero-order valence-corrected chi connectivity index (χ0v) is 11.7. The van der Waals surface area contributed by atoms with E-state index in [0.717, 1.165) is 6.42 Å². The number of nitrogens with one attached hydrogen (secondary N) is 1. The molecule has 1 rings (SSSR count). The van der Waals surface area contributed by atoms with Crippen LogP contribution in [0.5, 0.6) is 5.88 Å². The van der Waals surface area contributed by atoms with Crippen LogP contribution in [0.2, 0.25) is 0 Å². The van der Waals surface area contributed by atoms with Crippen molar-refractivity contribution in [2.45, 2.75) is 39.0 Å². The van der Waals surface area contributed by atoms with E-state index in [1.54, 1.807) is 0 Å². The van der Waals surface area contributed by atoms with Gasteiger partial charge < -0.3 is 10.2 Å². The van der Waals surface area contributed by atoms with Crippen molar-refractivity contribution in [3.8, 4) is 5.88 Å². The van der Waals surface area contributed by atoms with Crippen LogP contribution in [-0.4, -0.2) is 16.6 Å². The maximum Gasteiger partial charge on any atom is 0.233 e. The number of aromatic nitrogens is 2. The van der Waals surface area contributed by atoms with Gasteiger partial charge in [0.15, 0.2) is 5.82 Å². The molecule has 0 spiro atoms. The molecular formula is C11H19BrN4O. The Hall–Kier alpha value is -0.880. The SMILES string of the molecule is CCCCCCCOc1ncnc(NN)c1Br. The summed E-state index contributed by atoms with van der Waals surface area (Å²) < 4.78 is 6.23. The smallest absolute Gasteiger partial charge is 0.233 e. The van der Waals surface area contributed by atoms with Crippen LogP contribution in [0.15, 0.2) is 10.8 Å². The first-order chi connectivity index (χ1) is 8.29. The zero-order chi connectivity index (χ0) is 12.5. The molecule has 5 nitrogen and oxygen atoms in total. The first-order valence-corrected chi connectivity index (χ1v) is 6.68. The molecule has 0 radical (unpaired) electrons. The Labute approximate surface area is 110 Å². The summed E-state index contributed by atoms with van der Waals surface area (Å²) in [5.41, 5.74) is 2.48. The third-order valence-electron chi connectivity index (χ3n) is 2.38. The maximum atomic E-state index is 5.57. The lowest BCUT2D eigenvalue weighted by molar-refractivity contribution is 0.291.